The van der Waals surface area contributed by atoms with Gasteiger partial charge in [-0.3, -0.25) is 19.2 Å². The van der Waals surface area contributed by atoms with Crippen molar-refractivity contribution in [2.75, 3.05) is 32.0 Å². The van der Waals surface area contributed by atoms with Crippen molar-refractivity contribution in [3.8, 4) is 0 Å². The van der Waals surface area contributed by atoms with Crippen molar-refractivity contribution in [1.29, 1.82) is 0 Å². The predicted molar refractivity (Wildman–Crippen MR) is 76.8 cm³/mol. The number of nitrogens with two attached hydrogens (primary N) is 1. The molecule has 0 aliphatic carbocycles. The summed E-state index contributed by atoms with van der Waals surface area (Å²) in [5, 5.41) is 0. The van der Waals surface area contributed by atoms with E-state index in [4.69, 9.17) is 10.5 Å². The van der Waals surface area contributed by atoms with Crippen LogP contribution in [-0.4, -0.2) is 40.8 Å². The predicted octanol–water partition coefficient (Wildman–Crippen LogP) is -0.0780. The van der Waals surface area contributed by atoms with Gasteiger partial charge in [-0.05, 0) is 13.3 Å². The standard InChI is InChI=1S/C13H22N4O3/c1-3-9(2)17-11(14)10(12(18)15-13(17)19)8-16-4-6-20-7-5-16/h9H,3-8,14H2,1-2H3,(H,15,18,19). The van der Waals surface area contributed by atoms with Crippen LogP contribution in [0.5, 0.6) is 0 Å². The summed E-state index contributed by atoms with van der Waals surface area (Å²) < 4.78 is 6.75. The molecule has 0 saturated carbocycles. The molecule has 0 amide bonds. The maximum atomic E-state index is 12.0. The maximum Gasteiger partial charge on any atom is 0.330 e. The Labute approximate surface area is 117 Å². The molecule has 7 nitrogen and oxygen atoms in total. The second kappa shape index (κ2) is 6.23. The molecule has 1 fully saturated rings. The van der Waals surface area contributed by atoms with E-state index in [-0.39, 0.29) is 11.9 Å². The topological polar surface area (TPSA) is 93.3 Å². The Morgan fingerprint density at radius 1 is 1.35 bits per heavy atom. The van der Waals surface area contributed by atoms with Crippen LogP contribution >= 0.6 is 0 Å². The van der Waals surface area contributed by atoms with Crippen molar-refractivity contribution in [3.63, 3.8) is 0 Å². The number of aromatic amines is 1. The molecule has 1 aliphatic rings. The van der Waals surface area contributed by atoms with Crippen molar-refractivity contribution in [3.05, 3.63) is 26.4 Å². The second-order valence-electron chi connectivity index (χ2n) is 5.14. The largest absolute Gasteiger partial charge is 0.385 e. The number of ether oxygens (including phenoxy) is 1. The molecule has 0 spiro atoms. The summed E-state index contributed by atoms with van der Waals surface area (Å²) >= 11 is 0. The molecule has 0 aromatic carbocycles. The van der Waals surface area contributed by atoms with Gasteiger partial charge in [-0.1, -0.05) is 6.92 Å². The molecule has 2 rings (SSSR count). The molecule has 2 heterocycles. The lowest BCUT2D eigenvalue weighted by Gasteiger charge is -2.27. The van der Waals surface area contributed by atoms with Gasteiger partial charge in [0, 0.05) is 25.7 Å². The molecule has 0 bridgehead atoms. The lowest BCUT2D eigenvalue weighted by Crippen LogP contribution is -2.41. The summed E-state index contributed by atoms with van der Waals surface area (Å²) in [6, 6.07) is -0.0391. The van der Waals surface area contributed by atoms with Crippen LogP contribution in [0.3, 0.4) is 0 Å². The Bertz CT molecular complexity index is 572. The lowest BCUT2D eigenvalue weighted by atomic mass is 10.2. The fourth-order valence-electron chi connectivity index (χ4n) is 2.36. The quantitative estimate of drug-likeness (QED) is 0.806. The van der Waals surface area contributed by atoms with Crippen molar-refractivity contribution >= 4 is 5.82 Å². The van der Waals surface area contributed by atoms with Crippen LogP contribution in [-0.2, 0) is 11.3 Å². The Hall–Kier alpha value is -1.60. The van der Waals surface area contributed by atoms with Crippen molar-refractivity contribution < 1.29 is 4.74 Å². The van der Waals surface area contributed by atoms with E-state index < -0.39 is 11.2 Å². The first kappa shape index (κ1) is 14.8. The Kier molecular flexibility index (Phi) is 4.61. The van der Waals surface area contributed by atoms with E-state index in [2.05, 4.69) is 9.88 Å². The zero-order valence-electron chi connectivity index (χ0n) is 12.0. The number of nitrogens with zero attached hydrogens (tertiary/aromatic N) is 2. The first-order chi connectivity index (χ1) is 9.54. The monoisotopic (exact) mass is 282 g/mol. The van der Waals surface area contributed by atoms with E-state index in [1.54, 1.807) is 0 Å². The van der Waals surface area contributed by atoms with Crippen LogP contribution < -0.4 is 17.0 Å². The highest BCUT2D eigenvalue weighted by Crippen LogP contribution is 2.15. The molecule has 7 heteroatoms. The average Bonchev–Trinajstić information content (AvgIpc) is 2.44. The maximum absolute atomic E-state index is 12.0. The SMILES string of the molecule is CCC(C)n1c(N)c(CN2CCOCC2)c(=O)[nH]c1=O. The molecule has 0 radical (unpaired) electrons. The minimum atomic E-state index is -0.437. The normalized spacial score (nSPS) is 18.1. The molecule has 1 saturated heterocycles. The smallest absolute Gasteiger partial charge is 0.330 e. The molecule has 112 valence electrons. The summed E-state index contributed by atoms with van der Waals surface area (Å²) in [6.45, 7) is 7.17. The number of aromatic nitrogens is 2. The minimum absolute atomic E-state index is 0.0391. The van der Waals surface area contributed by atoms with Gasteiger partial charge in [0.1, 0.15) is 5.82 Å². The molecule has 1 aromatic heterocycles. The molecular weight excluding hydrogens is 260 g/mol. The van der Waals surface area contributed by atoms with Gasteiger partial charge in [-0.2, -0.15) is 0 Å². The number of morpholine rings is 1. The first-order valence-corrected chi connectivity index (χ1v) is 6.97. The van der Waals surface area contributed by atoms with Crippen molar-refractivity contribution in [2.24, 2.45) is 0 Å². The molecular formula is C13H22N4O3. The zero-order valence-corrected chi connectivity index (χ0v) is 12.0. The van der Waals surface area contributed by atoms with E-state index in [1.165, 1.54) is 4.57 Å². The van der Waals surface area contributed by atoms with Gasteiger partial charge in [0.05, 0.1) is 18.8 Å². The molecule has 3 N–H and O–H groups in total. The van der Waals surface area contributed by atoms with Gasteiger partial charge in [-0.25, -0.2) is 4.79 Å². The number of rotatable bonds is 4. The molecule has 1 aliphatic heterocycles. The Morgan fingerprint density at radius 3 is 2.60 bits per heavy atom. The van der Waals surface area contributed by atoms with Gasteiger partial charge in [0.2, 0.25) is 0 Å². The van der Waals surface area contributed by atoms with Gasteiger partial charge in [0.15, 0.2) is 0 Å². The molecule has 1 atom stereocenters. The van der Waals surface area contributed by atoms with Crippen molar-refractivity contribution in [2.45, 2.75) is 32.9 Å². The van der Waals surface area contributed by atoms with Crippen LogP contribution in [0.1, 0.15) is 31.9 Å². The summed E-state index contributed by atoms with van der Waals surface area (Å²) in [5.41, 5.74) is 5.70. The highest BCUT2D eigenvalue weighted by Gasteiger charge is 2.19. The van der Waals surface area contributed by atoms with E-state index in [0.717, 1.165) is 19.5 Å². The summed E-state index contributed by atoms with van der Waals surface area (Å²) in [4.78, 5) is 28.4. The first-order valence-electron chi connectivity index (χ1n) is 6.97. The van der Waals surface area contributed by atoms with Crippen LogP contribution in [0.25, 0.3) is 0 Å². The number of H-pyrrole nitrogens is 1. The van der Waals surface area contributed by atoms with Gasteiger partial charge < -0.3 is 10.5 Å². The third kappa shape index (κ3) is 2.94. The zero-order chi connectivity index (χ0) is 14.7. The number of hydrogen-bond acceptors (Lipinski definition) is 5. The number of hydrogen-bond donors (Lipinski definition) is 2. The fraction of sp³-hybridized carbons (Fsp3) is 0.692. The van der Waals surface area contributed by atoms with Crippen LogP contribution in [0.2, 0.25) is 0 Å². The highest BCUT2D eigenvalue weighted by atomic mass is 16.5. The van der Waals surface area contributed by atoms with Crippen LogP contribution in [0.15, 0.2) is 9.59 Å². The van der Waals surface area contributed by atoms with Crippen LogP contribution in [0, 0.1) is 0 Å². The van der Waals surface area contributed by atoms with Crippen LogP contribution in [0.4, 0.5) is 5.82 Å². The summed E-state index contributed by atoms with van der Waals surface area (Å²) in [5.74, 6) is 0.277. The van der Waals surface area contributed by atoms with E-state index in [9.17, 15) is 9.59 Å². The number of anilines is 1. The third-order valence-corrected chi connectivity index (χ3v) is 3.80. The lowest BCUT2D eigenvalue weighted by molar-refractivity contribution is 0.0340. The number of nitrogen functional groups attached to an aromatic ring is 1. The molecule has 1 aromatic rings. The van der Waals surface area contributed by atoms with Gasteiger partial charge in [0.25, 0.3) is 5.56 Å². The fourth-order valence-corrected chi connectivity index (χ4v) is 2.36. The van der Waals surface area contributed by atoms with Gasteiger partial charge >= 0.3 is 5.69 Å². The average molecular weight is 282 g/mol. The minimum Gasteiger partial charge on any atom is -0.385 e. The van der Waals surface area contributed by atoms with Crippen molar-refractivity contribution in [1.82, 2.24) is 14.5 Å². The van der Waals surface area contributed by atoms with E-state index in [1.807, 2.05) is 13.8 Å². The molecule has 20 heavy (non-hydrogen) atoms. The summed E-state index contributed by atoms with van der Waals surface area (Å²) in [6.07, 6.45) is 0.771. The van der Waals surface area contributed by atoms with E-state index in [0.29, 0.717) is 25.3 Å². The molecule has 1 unspecified atom stereocenters. The number of nitrogens with one attached hydrogen (secondary N) is 1. The summed E-state index contributed by atoms with van der Waals surface area (Å²) in [7, 11) is 0. The Morgan fingerprint density at radius 2 is 2.00 bits per heavy atom. The second-order valence-corrected chi connectivity index (χ2v) is 5.14. The van der Waals surface area contributed by atoms with Gasteiger partial charge in [-0.15, -0.1) is 0 Å². The third-order valence-electron chi connectivity index (χ3n) is 3.80. The highest BCUT2D eigenvalue weighted by molar-refractivity contribution is 5.38. The Balaban J connectivity index is 2.37. The van der Waals surface area contributed by atoms with E-state index >= 15 is 0 Å².